The van der Waals surface area contributed by atoms with Gasteiger partial charge < -0.3 is 10.5 Å². The smallest absolute Gasteiger partial charge is 0.255 e. The van der Waals surface area contributed by atoms with E-state index in [0.29, 0.717) is 17.0 Å². The van der Waals surface area contributed by atoms with Crippen molar-refractivity contribution in [3.05, 3.63) is 65.2 Å². The van der Waals surface area contributed by atoms with Crippen LogP contribution in [0.15, 0.2) is 53.7 Å². The van der Waals surface area contributed by atoms with Crippen LogP contribution in [0.25, 0.3) is 0 Å². The van der Waals surface area contributed by atoms with Crippen LogP contribution >= 0.6 is 0 Å². The van der Waals surface area contributed by atoms with Crippen molar-refractivity contribution in [3.63, 3.8) is 0 Å². The number of nitrogens with one attached hydrogen (secondary N) is 1. The minimum absolute atomic E-state index is 0.154. The van der Waals surface area contributed by atoms with E-state index in [9.17, 15) is 4.79 Å². The van der Waals surface area contributed by atoms with Gasteiger partial charge in [-0.25, -0.2) is 0 Å². The van der Waals surface area contributed by atoms with Crippen LogP contribution in [0.2, 0.25) is 0 Å². The number of anilines is 1. The molecule has 0 aliphatic heterocycles. The van der Waals surface area contributed by atoms with E-state index in [1.807, 2.05) is 31.2 Å². The second kappa shape index (κ2) is 6.02. The molecule has 0 unspecified atom stereocenters. The third kappa shape index (κ3) is 3.03. The van der Waals surface area contributed by atoms with Gasteiger partial charge in [0.2, 0.25) is 0 Å². The van der Waals surface area contributed by atoms with E-state index in [4.69, 9.17) is 5.21 Å². The molecular weight excluding hydrogens is 252 g/mol. The maximum Gasteiger partial charge on any atom is 0.255 e. The number of hydrogen-bond donors (Lipinski definition) is 2. The van der Waals surface area contributed by atoms with E-state index in [0.717, 1.165) is 11.1 Å². The van der Waals surface area contributed by atoms with Crippen molar-refractivity contribution in [1.29, 1.82) is 0 Å². The van der Waals surface area contributed by atoms with Gasteiger partial charge in [0.25, 0.3) is 5.91 Å². The van der Waals surface area contributed by atoms with Crippen molar-refractivity contribution >= 4 is 17.3 Å². The largest absolute Gasteiger partial charge is 0.411 e. The lowest BCUT2D eigenvalue weighted by atomic mass is 10.1. The van der Waals surface area contributed by atoms with Gasteiger partial charge in [0.05, 0.1) is 5.71 Å². The molecule has 0 atom stereocenters. The van der Waals surface area contributed by atoms with Gasteiger partial charge in [-0.15, -0.1) is 0 Å². The number of oxime groups is 1. The Bertz CT molecular complexity index is 663. The molecule has 102 valence electrons. The van der Waals surface area contributed by atoms with Gasteiger partial charge in [-0.3, -0.25) is 4.79 Å². The van der Waals surface area contributed by atoms with E-state index in [2.05, 4.69) is 10.5 Å². The van der Waals surface area contributed by atoms with Crippen molar-refractivity contribution < 1.29 is 10.0 Å². The Morgan fingerprint density at radius 2 is 1.90 bits per heavy atom. The minimum Gasteiger partial charge on any atom is -0.411 e. The summed E-state index contributed by atoms with van der Waals surface area (Å²) in [5.41, 5.74) is 3.49. The lowest BCUT2D eigenvalue weighted by Crippen LogP contribution is -2.13. The van der Waals surface area contributed by atoms with Crippen LogP contribution in [-0.4, -0.2) is 16.8 Å². The number of nitrogens with zero attached hydrogens (tertiary/aromatic N) is 1. The Hall–Kier alpha value is -2.62. The summed E-state index contributed by atoms with van der Waals surface area (Å²) in [6.45, 7) is 3.59. The number of benzene rings is 2. The van der Waals surface area contributed by atoms with Gasteiger partial charge in [-0.2, -0.15) is 0 Å². The first-order valence-electron chi connectivity index (χ1n) is 6.28. The van der Waals surface area contributed by atoms with Crippen molar-refractivity contribution in [1.82, 2.24) is 0 Å². The number of rotatable bonds is 3. The lowest BCUT2D eigenvalue weighted by Gasteiger charge is -2.08. The molecule has 4 nitrogen and oxygen atoms in total. The molecule has 0 aliphatic rings. The standard InChI is InChI=1S/C16H16N2O2/c1-11-6-3-4-9-15(11)16(19)17-14-8-5-7-13(10-14)12(2)18-20/h3-10,20H,1-2H3,(H,17,19)/b18-12+. The van der Waals surface area contributed by atoms with Crippen molar-refractivity contribution in [2.24, 2.45) is 5.16 Å². The number of hydrogen-bond acceptors (Lipinski definition) is 3. The van der Waals surface area contributed by atoms with E-state index < -0.39 is 0 Å². The van der Waals surface area contributed by atoms with Gasteiger partial charge in [-0.05, 0) is 37.6 Å². The SMILES string of the molecule is C/C(=N\O)c1cccc(NC(=O)c2ccccc2C)c1. The minimum atomic E-state index is -0.154. The van der Waals surface area contributed by atoms with Crippen LogP contribution in [-0.2, 0) is 0 Å². The summed E-state index contributed by atoms with van der Waals surface area (Å²) in [6, 6.07) is 14.6. The molecule has 0 spiro atoms. The Morgan fingerprint density at radius 3 is 2.60 bits per heavy atom. The Labute approximate surface area is 117 Å². The summed E-state index contributed by atoms with van der Waals surface area (Å²) >= 11 is 0. The number of carbonyl (C=O) groups is 1. The fourth-order valence-corrected chi connectivity index (χ4v) is 1.91. The molecule has 4 heteroatoms. The Kier molecular flexibility index (Phi) is 4.15. The fourth-order valence-electron chi connectivity index (χ4n) is 1.91. The summed E-state index contributed by atoms with van der Waals surface area (Å²) in [5, 5.41) is 14.8. The summed E-state index contributed by atoms with van der Waals surface area (Å²) in [6.07, 6.45) is 0. The molecule has 0 saturated carbocycles. The molecule has 1 amide bonds. The van der Waals surface area contributed by atoms with Gasteiger partial charge >= 0.3 is 0 Å². The van der Waals surface area contributed by atoms with Crippen molar-refractivity contribution in [3.8, 4) is 0 Å². The topological polar surface area (TPSA) is 61.7 Å². The molecule has 2 aromatic rings. The first kappa shape index (κ1) is 13.8. The second-order valence-corrected chi connectivity index (χ2v) is 4.54. The molecule has 0 aliphatic carbocycles. The molecular formula is C16H16N2O2. The van der Waals surface area contributed by atoms with Gasteiger partial charge in [0, 0.05) is 16.8 Å². The van der Waals surface area contributed by atoms with Crippen molar-refractivity contribution in [2.75, 3.05) is 5.32 Å². The normalized spacial score (nSPS) is 11.2. The molecule has 0 heterocycles. The average molecular weight is 268 g/mol. The molecule has 0 fully saturated rings. The molecule has 2 aromatic carbocycles. The fraction of sp³-hybridized carbons (Fsp3) is 0.125. The maximum atomic E-state index is 12.2. The summed E-state index contributed by atoms with van der Waals surface area (Å²) in [4.78, 5) is 12.2. The average Bonchev–Trinajstić information content (AvgIpc) is 2.47. The summed E-state index contributed by atoms with van der Waals surface area (Å²) < 4.78 is 0. The highest BCUT2D eigenvalue weighted by Crippen LogP contribution is 2.14. The summed E-state index contributed by atoms with van der Waals surface area (Å²) in [7, 11) is 0. The van der Waals surface area contributed by atoms with Gasteiger partial charge in [0.15, 0.2) is 0 Å². The molecule has 0 radical (unpaired) electrons. The maximum absolute atomic E-state index is 12.2. The molecule has 0 bridgehead atoms. The first-order valence-corrected chi connectivity index (χ1v) is 6.28. The van der Waals surface area contributed by atoms with Crippen LogP contribution < -0.4 is 5.32 Å². The summed E-state index contributed by atoms with van der Waals surface area (Å²) in [5.74, 6) is -0.154. The lowest BCUT2D eigenvalue weighted by molar-refractivity contribution is 0.102. The second-order valence-electron chi connectivity index (χ2n) is 4.54. The highest BCUT2D eigenvalue weighted by atomic mass is 16.4. The van der Waals surface area contributed by atoms with E-state index in [1.165, 1.54) is 0 Å². The predicted molar refractivity (Wildman–Crippen MR) is 79.6 cm³/mol. The van der Waals surface area contributed by atoms with E-state index in [-0.39, 0.29) is 5.91 Å². The van der Waals surface area contributed by atoms with Crippen LogP contribution in [0.3, 0.4) is 0 Å². The van der Waals surface area contributed by atoms with Crippen LogP contribution in [0, 0.1) is 6.92 Å². The van der Waals surface area contributed by atoms with E-state index >= 15 is 0 Å². The molecule has 20 heavy (non-hydrogen) atoms. The van der Waals surface area contributed by atoms with Crippen molar-refractivity contribution in [2.45, 2.75) is 13.8 Å². The van der Waals surface area contributed by atoms with Crippen LogP contribution in [0.4, 0.5) is 5.69 Å². The number of aryl methyl sites for hydroxylation is 1. The van der Waals surface area contributed by atoms with Crippen LogP contribution in [0.1, 0.15) is 28.4 Å². The Balaban J connectivity index is 2.23. The first-order chi connectivity index (χ1) is 9.61. The zero-order chi connectivity index (χ0) is 14.5. The monoisotopic (exact) mass is 268 g/mol. The quantitative estimate of drug-likeness (QED) is 0.509. The zero-order valence-corrected chi connectivity index (χ0v) is 11.4. The molecule has 0 aromatic heterocycles. The van der Waals surface area contributed by atoms with Gasteiger partial charge in [0.1, 0.15) is 0 Å². The third-order valence-corrected chi connectivity index (χ3v) is 3.08. The highest BCUT2D eigenvalue weighted by molar-refractivity contribution is 6.06. The third-order valence-electron chi connectivity index (χ3n) is 3.08. The highest BCUT2D eigenvalue weighted by Gasteiger charge is 2.09. The predicted octanol–water partition coefficient (Wildman–Crippen LogP) is 3.45. The van der Waals surface area contributed by atoms with Crippen LogP contribution in [0.5, 0.6) is 0 Å². The zero-order valence-electron chi connectivity index (χ0n) is 11.4. The van der Waals surface area contributed by atoms with E-state index in [1.54, 1.807) is 31.2 Å². The molecule has 0 saturated heterocycles. The number of carbonyl (C=O) groups excluding carboxylic acids is 1. The van der Waals surface area contributed by atoms with Gasteiger partial charge in [-0.1, -0.05) is 35.5 Å². The number of amides is 1. The molecule has 2 rings (SSSR count). The Morgan fingerprint density at radius 1 is 1.15 bits per heavy atom. The molecule has 2 N–H and O–H groups in total.